The molecule has 96 heavy (non-hydrogen) atoms. The van der Waals surface area contributed by atoms with Gasteiger partial charge in [0.25, 0.3) is 13.4 Å². The van der Waals surface area contributed by atoms with E-state index in [0.717, 1.165) is 146 Å². The standard InChI is InChI=1S/C90H74B2N2O2/c1-88(2,3)65-41-43-68(44-42-65)93-77-56-78-76(55-75(77)91-73-45-39-62(57-27-15-10-16-28-57)48-81(73)95-83-50-64(47-79(93)85(83)91)70-38-26-25-37-69(70)59-31-19-12-20-32-59)92-74-46-40-63(58-29-17-11-18-30-58)49-82(74)96-84-54-67(90(7,8)9)53-80(86(84)92)94(78)87-71(60-33-21-13-22-34-60)51-66(89(4,5)6)52-72(87)61-35-23-14-24-36-61/h10-56H,1-9H3. The molecule has 4 aliphatic rings. The van der Waals surface area contributed by atoms with Crippen LogP contribution in [-0.2, 0) is 16.2 Å². The fourth-order valence-corrected chi connectivity index (χ4v) is 15.4. The van der Waals surface area contributed by atoms with Gasteiger partial charge in [-0.15, -0.1) is 0 Å². The normalized spacial score (nSPS) is 13.3. The van der Waals surface area contributed by atoms with Crippen LogP contribution in [0.1, 0.15) is 79.0 Å². The maximum Gasteiger partial charge on any atom is 0.256 e. The van der Waals surface area contributed by atoms with E-state index in [1.54, 1.807) is 0 Å². The molecule has 0 saturated carbocycles. The van der Waals surface area contributed by atoms with Gasteiger partial charge in [0.05, 0.1) is 5.69 Å². The fraction of sp³-hybridized carbons (Fsp3) is 0.133. The van der Waals surface area contributed by atoms with Crippen molar-refractivity contribution in [2.75, 3.05) is 9.80 Å². The molecule has 13 aromatic rings. The van der Waals surface area contributed by atoms with Gasteiger partial charge in [0.1, 0.15) is 23.0 Å². The molecule has 0 unspecified atom stereocenters. The second kappa shape index (κ2) is 22.4. The largest absolute Gasteiger partial charge is 0.458 e. The third kappa shape index (κ3) is 9.91. The van der Waals surface area contributed by atoms with Crippen LogP contribution in [0, 0.1) is 0 Å². The first kappa shape index (κ1) is 59.0. The Balaban J connectivity index is 1.03. The number of ether oxygens (including phenoxy) is 2. The highest BCUT2D eigenvalue weighted by Crippen LogP contribution is 2.54. The van der Waals surface area contributed by atoms with Crippen molar-refractivity contribution in [3.8, 4) is 89.8 Å². The third-order valence-electron chi connectivity index (χ3n) is 20.4. The number of hydrogen-bond acceptors (Lipinski definition) is 4. The van der Waals surface area contributed by atoms with Crippen LogP contribution >= 0.6 is 0 Å². The molecular weight excluding hydrogens is 1160 g/mol. The molecule has 13 aromatic carbocycles. The summed E-state index contributed by atoms with van der Waals surface area (Å²) in [7, 11) is 0. The van der Waals surface area contributed by atoms with E-state index in [2.05, 4.69) is 357 Å². The monoisotopic (exact) mass is 1240 g/mol. The lowest BCUT2D eigenvalue weighted by molar-refractivity contribution is 0.483. The van der Waals surface area contributed by atoms with Crippen LogP contribution in [0.2, 0.25) is 0 Å². The molecule has 4 aliphatic heterocycles. The van der Waals surface area contributed by atoms with Crippen molar-refractivity contribution >= 4 is 80.3 Å². The molecule has 4 nitrogen and oxygen atoms in total. The molecule has 0 radical (unpaired) electrons. The van der Waals surface area contributed by atoms with Crippen molar-refractivity contribution in [3.05, 3.63) is 302 Å². The van der Waals surface area contributed by atoms with Gasteiger partial charge in [-0.25, -0.2) is 0 Å². The molecule has 0 fully saturated rings. The van der Waals surface area contributed by atoms with E-state index in [-0.39, 0.29) is 29.7 Å². The predicted molar refractivity (Wildman–Crippen MR) is 407 cm³/mol. The van der Waals surface area contributed by atoms with Crippen LogP contribution in [0.5, 0.6) is 23.0 Å². The number of anilines is 6. The molecular formula is C90H74B2N2O2. The maximum absolute atomic E-state index is 7.58. The quantitative estimate of drug-likeness (QED) is 0.142. The number of nitrogens with zero attached hydrogens (tertiary/aromatic N) is 2. The fourth-order valence-electron chi connectivity index (χ4n) is 15.4. The Bertz CT molecular complexity index is 5160. The van der Waals surface area contributed by atoms with Crippen LogP contribution in [0.4, 0.5) is 34.1 Å². The van der Waals surface area contributed by atoms with E-state index in [1.165, 1.54) is 27.6 Å². The lowest BCUT2D eigenvalue weighted by atomic mass is 9.30. The molecule has 0 aliphatic carbocycles. The van der Waals surface area contributed by atoms with E-state index in [1.807, 2.05) is 0 Å². The van der Waals surface area contributed by atoms with E-state index in [0.29, 0.717) is 0 Å². The Labute approximate surface area is 566 Å². The summed E-state index contributed by atoms with van der Waals surface area (Å²) in [5.74, 6) is 3.45. The molecule has 462 valence electrons. The van der Waals surface area contributed by atoms with E-state index >= 15 is 0 Å². The summed E-state index contributed by atoms with van der Waals surface area (Å²) in [4.78, 5) is 5.24. The molecule has 0 spiro atoms. The van der Waals surface area contributed by atoms with Gasteiger partial charge in [-0.3, -0.25) is 0 Å². The Morgan fingerprint density at radius 2 is 0.635 bits per heavy atom. The average molecular weight is 1240 g/mol. The molecule has 0 atom stereocenters. The van der Waals surface area contributed by atoms with Crippen LogP contribution in [0.15, 0.2) is 285 Å². The van der Waals surface area contributed by atoms with Crippen molar-refractivity contribution in [3.63, 3.8) is 0 Å². The number of hydrogen-bond donors (Lipinski definition) is 0. The first-order valence-corrected chi connectivity index (χ1v) is 33.9. The molecule has 0 saturated heterocycles. The highest BCUT2D eigenvalue weighted by atomic mass is 16.5. The minimum Gasteiger partial charge on any atom is -0.458 e. The van der Waals surface area contributed by atoms with E-state index in [4.69, 9.17) is 9.47 Å². The highest BCUT2D eigenvalue weighted by molar-refractivity contribution is 7.02. The first-order chi connectivity index (χ1) is 46.5. The minimum absolute atomic E-state index is 0.0745. The van der Waals surface area contributed by atoms with Crippen LogP contribution in [0.3, 0.4) is 0 Å². The SMILES string of the molecule is CC(C)(C)c1ccc(N2c3cc4c(cc3B3c5ccc(-c6ccccc6)cc5Oc5cc(-c6ccccc6-c6ccccc6)cc2c53)B2c3ccc(-c5ccccc5)cc3Oc3cc(C(C)(C)C)cc(c32)N4c2c(-c3ccccc3)cc(C(C)(C)C)cc2-c2ccccc2)cc1. The van der Waals surface area contributed by atoms with Crippen molar-refractivity contribution in [1.82, 2.24) is 0 Å². The molecule has 0 N–H and O–H groups in total. The summed E-state index contributed by atoms with van der Waals surface area (Å²) in [6, 6.07) is 106. The van der Waals surface area contributed by atoms with Gasteiger partial charge in [-0.1, -0.05) is 281 Å². The van der Waals surface area contributed by atoms with Crippen molar-refractivity contribution in [1.29, 1.82) is 0 Å². The van der Waals surface area contributed by atoms with Crippen molar-refractivity contribution in [2.24, 2.45) is 0 Å². The number of rotatable bonds is 8. The maximum atomic E-state index is 7.58. The van der Waals surface area contributed by atoms with Crippen molar-refractivity contribution in [2.45, 2.75) is 78.6 Å². The molecule has 4 heterocycles. The van der Waals surface area contributed by atoms with Crippen molar-refractivity contribution < 1.29 is 9.47 Å². The third-order valence-corrected chi connectivity index (χ3v) is 20.4. The van der Waals surface area contributed by atoms with Gasteiger partial charge < -0.3 is 19.3 Å². The molecule has 6 heteroatoms. The summed E-state index contributed by atoms with van der Waals surface area (Å²) < 4.78 is 15.2. The zero-order valence-corrected chi connectivity index (χ0v) is 56.0. The van der Waals surface area contributed by atoms with Gasteiger partial charge in [0, 0.05) is 39.6 Å². The Kier molecular flexibility index (Phi) is 13.8. The zero-order valence-electron chi connectivity index (χ0n) is 56.0. The second-order valence-electron chi connectivity index (χ2n) is 29.6. The van der Waals surface area contributed by atoms with E-state index in [9.17, 15) is 0 Å². The first-order valence-electron chi connectivity index (χ1n) is 33.9. The topological polar surface area (TPSA) is 24.9 Å². The van der Waals surface area contributed by atoms with Gasteiger partial charge in [-0.05, 0) is 188 Å². The van der Waals surface area contributed by atoms with Crippen LogP contribution < -0.4 is 52.1 Å². The Hall–Kier alpha value is -10.8. The Morgan fingerprint density at radius 3 is 1.10 bits per heavy atom. The summed E-state index contributed by atoms with van der Waals surface area (Å²) in [5.41, 5.74) is 30.4. The summed E-state index contributed by atoms with van der Waals surface area (Å²) in [6.07, 6.45) is 0. The molecule has 0 bridgehead atoms. The number of benzene rings is 13. The molecule has 0 amide bonds. The summed E-state index contributed by atoms with van der Waals surface area (Å²) >= 11 is 0. The van der Waals surface area contributed by atoms with Crippen LogP contribution in [0.25, 0.3) is 66.8 Å². The van der Waals surface area contributed by atoms with Gasteiger partial charge in [-0.2, -0.15) is 0 Å². The van der Waals surface area contributed by atoms with Gasteiger partial charge in [0.2, 0.25) is 0 Å². The molecule has 0 aromatic heterocycles. The lowest BCUT2D eigenvalue weighted by Gasteiger charge is -2.45. The second-order valence-corrected chi connectivity index (χ2v) is 29.6. The van der Waals surface area contributed by atoms with Gasteiger partial charge in [0.15, 0.2) is 0 Å². The average Bonchev–Trinajstić information content (AvgIpc) is 0.687. The molecule has 17 rings (SSSR count). The zero-order chi connectivity index (χ0) is 65.4. The Morgan fingerprint density at radius 1 is 0.250 bits per heavy atom. The highest BCUT2D eigenvalue weighted by Gasteiger charge is 2.49. The van der Waals surface area contributed by atoms with Crippen LogP contribution in [-0.4, -0.2) is 13.4 Å². The van der Waals surface area contributed by atoms with E-state index < -0.39 is 0 Å². The summed E-state index contributed by atoms with van der Waals surface area (Å²) in [6.45, 7) is 20.5. The van der Waals surface area contributed by atoms with Gasteiger partial charge >= 0.3 is 0 Å². The number of fused-ring (bicyclic) bond motifs is 8. The predicted octanol–water partition coefficient (Wildman–Crippen LogP) is 20.4. The smallest absolute Gasteiger partial charge is 0.256 e. The lowest BCUT2D eigenvalue weighted by Crippen LogP contribution is -2.64. The minimum atomic E-state index is -0.260. The summed E-state index contributed by atoms with van der Waals surface area (Å²) in [5, 5.41) is 0.